The van der Waals surface area contributed by atoms with E-state index < -0.39 is 16.1 Å². The zero-order chi connectivity index (χ0) is 33.6. The second-order valence-corrected chi connectivity index (χ2v) is 17.1. The van der Waals surface area contributed by atoms with Crippen LogP contribution in [0.15, 0.2) is 46.6 Å². The summed E-state index contributed by atoms with van der Waals surface area (Å²) in [6.07, 6.45) is 15.0. The van der Waals surface area contributed by atoms with Gasteiger partial charge in [0.15, 0.2) is 0 Å². The Balaban J connectivity index is 1.28. The van der Waals surface area contributed by atoms with Gasteiger partial charge in [-0.05, 0) is 68.0 Å². The van der Waals surface area contributed by atoms with Gasteiger partial charge in [0.25, 0.3) is 5.91 Å². The van der Waals surface area contributed by atoms with Crippen LogP contribution in [-0.2, 0) is 31.1 Å². The zero-order valence-electron chi connectivity index (χ0n) is 28.8. The molecule has 4 aliphatic heterocycles. The molecule has 2 bridgehead atoms. The maximum absolute atomic E-state index is 14.8. The lowest BCUT2D eigenvalue weighted by Gasteiger charge is -2.43. The van der Waals surface area contributed by atoms with Crippen LogP contribution in [0.25, 0.3) is 5.76 Å². The number of ether oxygens (including phenoxy) is 1. The largest absolute Gasteiger partial charge is 0.496 e. The van der Waals surface area contributed by atoms with Crippen molar-refractivity contribution in [3.63, 3.8) is 0 Å². The van der Waals surface area contributed by atoms with Crippen LogP contribution in [0.5, 0.6) is 0 Å². The molecule has 7 aliphatic rings. The summed E-state index contributed by atoms with van der Waals surface area (Å²) >= 11 is 0. The Morgan fingerprint density at radius 1 is 0.979 bits per heavy atom. The van der Waals surface area contributed by atoms with E-state index in [1.165, 1.54) is 40.4 Å². The van der Waals surface area contributed by atoms with E-state index in [9.17, 15) is 18.0 Å². The number of piperazine rings is 1. The van der Waals surface area contributed by atoms with Gasteiger partial charge in [0, 0.05) is 70.5 Å². The number of likely N-dealkylation sites (N-methyl/N-ethyl adjacent to an activating group) is 2. The lowest BCUT2D eigenvalue weighted by molar-refractivity contribution is -0.141. The molecule has 48 heavy (non-hydrogen) atoms. The highest BCUT2D eigenvalue weighted by atomic mass is 32.2. The number of likely N-dealkylation sites (tertiary alicyclic amines) is 1. The summed E-state index contributed by atoms with van der Waals surface area (Å²) in [6.45, 7) is 2.97. The summed E-state index contributed by atoms with van der Waals surface area (Å²) < 4.78 is 36.4. The highest BCUT2D eigenvalue weighted by Gasteiger charge is 2.52. The molecule has 12 heteroatoms. The molecule has 258 valence electrons. The van der Waals surface area contributed by atoms with Crippen molar-refractivity contribution in [3.05, 3.63) is 57.8 Å². The third kappa shape index (κ3) is 4.76. The van der Waals surface area contributed by atoms with E-state index >= 15 is 0 Å². The van der Waals surface area contributed by atoms with Gasteiger partial charge >= 0.3 is 10.2 Å². The van der Waals surface area contributed by atoms with Gasteiger partial charge in [-0.2, -0.15) is 12.7 Å². The number of fused-ring (bicyclic) bond motifs is 8. The normalized spacial score (nSPS) is 28.5. The van der Waals surface area contributed by atoms with Crippen molar-refractivity contribution in [2.45, 2.75) is 82.0 Å². The van der Waals surface area contributed by atoms with Crippen LogP contribution < -0.4 is 4.90 Å². The van der Waals surface area contributed by atoms with Crippen LogP contribution in [0.4, 0.5) is 5.82 Å². The molecule has 0 radical (unpaired) electrons. The van der Waals surface area contributed by atoms with Gasteiger partial charge in [-0.15, -0.1) is 0 Å². The molecule has 11 nitrogen and oxygen atoms in total. The molecule has 0 aromatic carbocycles. The number of methoxy groups -OCH3 is 1. The quantitative estimate of drug-likeness (QED) is 0.455. The molecule has 2 saturated heterocycles. The molecule has 2 unspecified atom stereocenters. The Labute approximate surface area is 284 Å². The van der Waals surface area contributed by atoms with Crippen molar-refractivity contribution in [2.24, 2.45) is 5.92 Å². The number of carbonyl (C=O) groups is 2. The van der Waals surface area contributed by atoms with Crippen molar-refractivity contribution in [2.75, 3.05) is 59.8 Å². The number of rotatable bonds is 6. The van der Waals surface area contributed by atoms with E-state index in [1.807, 2.05) is 0 Å². The first kappa shape index (κ1) is 31.9. The van der Waals surface area contributed by atoms with Crippen molar-refractivity contribution in [3.8, 4) is 0 Å². The van der Waals surface area contributed by atoms with Gasteiger partial charge in [-0.3, -0.25) is 9.59 Å². The summed E-state index contributed by atoms with van der Waals surface area (Å²) in [5, 5.41) is 0. The number of amides is 2. The fraction of sp³-hybridized carbons (Fsp3) is 0.611. The lowest BCUT2D eigenvalue weighted by atomic mass is 9.75. The van der Waals surface area contributed by atoms with Crippen LogP contribution in [0.1, 0.15) is 68.5 Å². The van der Waals surface area contributed by atoms with Gasteiger partial charge in [0.2, 0.25) is 5.91 Å². The summed E-state index contributed by atoms with van der Waals surface area (Å²) in [5.41, 5.74) is 5.24. The number of carbonyl (C=O) groups excluding carboxylic acids is 2. The van der Waals surface area contributed by atoms with E-state index in [1.54, 1.807) is 7.11 Å². The smallest absolute Gasteiger partial charge is 0.305 e. The molecule has 3 aliphatic carbocycles. The first-order chi connectivity index (χ1) is 23.0. The summed E-state index contributed by atoms with van der Waals surface area (Å²) in [6, 6.07) is 3.08. The van der Waals surface area contributed by atoms with Crippen LogP contribution >= 0.6 is 0 Å². The van der Waals surface area contributed by atoms with Crippen molar-refractivity contribution in [1.82, 2.24) is 23.0 Å². The number of allylic oxidation sites excluding steroid dienone is 4. The lowest BCUT2D eigenvalue weighted by Crippen LogP contribution is -2.56. The van der Waals surface area contributed by atoms with Crippen molar-refractivity contribution >= 4 is 33.6 Å². The summed E-state index contributed by atoms with van der Waals surface area (Å²) in [5.74, 6) is 1.02. The highest BCUT2D eigenvalue weighted by molar-refractivity contribution is 7.87. The van der Waals surface area contributed by atoms with E-state index in [4.69, 9.17) is 4.74 Å². The van der Waals surface area contributed by atoms with Crippen LogP contribution in [0.2, 0.25) is 0 Å². The van der Waals surface area contributed by atoms with Gasteiger partial charge in [0.05, 0.1) is 30.7 Å². The number of hydrogen-bond acceptors (Lipinski definition) is 7. The highest BCUT2D eigenvalue weighted by Crippen LogP contribution is 2.56. The zero-order valence-corrected chi connectivity index (χ0v) is 29.6. The Morgan fingerprint density at radius 2 is 1.69 bits per heavy atom. The minimum absolute atomic E-state index is 0.199. The molecular formula is C36H48N6O5S. The summed E-state index contributed by atoms with van der Waals surface area (Å²) in [7, 11) is 4.10. The van der Waals surface area contributed by atoms with Crippen LogP contribution in [-0.4, -0.2) is 116 Å². The van der Waals surface area contributed by atoms with Gasteiger partial charge in [-0.25, -0.2) is 4.31 Å². The topological polar surface area (TPSA) is 98.6 Å². The van der Waals surface area contributed by atoms with Gasteiger partial charge in [0.1, 0.15) is 11.6 Å². The number of anilines is 1. The first-order valence-corrected chi connectivity index (χ1v) is 19.0. The molecule has 3 fully saturated rings. The first-order valence-electron chi connectivity index (χ1n) is 17.6. The average Bonchev–Trinajstić information content (AvgIpc) is 3.61. The van der Waals surface area contributed by atoms with Crippen LogP contribution in [0.3, 0.4) is 0 Å². The molecule has 4 atom stereocenters. The number of aromatic nitrogens is 1. The Kier molecular flexibility index (Phi) is 7.72. The standard InChI is InChI=1S/C36H48N6O5S/c1-37(2)48(45,46)39(4)36(44)33-28-21-41-29(18-27-30(47-5)16-17-40(34(27)41)22-10-7-6-8-11-22)31-25(32(28)33)12-9-13-26(31)35(43)42-23-14-15-24(42)20-38(3)19-23/h9,12,16,18,22-24,26,31H,6-8,10-11,13-15,17,19-21H2,1-5H3/t23?,24?,26-,31-/m1/s1. The Hall–Kier alpha value is -3.35. The minimum atomic E-state index is -3.97. The maximum Gasteiger partial charge on any atom is 0.305 e. The molecule has 0 spiro atoms. The molecule has 1 aromatic heterocycles. The maximum atomic E-state index is 14.8. The SMILES string of the molecule is COC1=CCN(C2CCCCC2)c2c1cc1n2CC2=C(C(=O)N(C)S(=O)(=O)N(C)C)C2=C2C=CC[C@@H](C(=O)N3C4CCC3CN(C)C4)[C@@H]21. The van der Waals surface area contributed by atoms with Crippen LogP contribution in [0, 0.1) is 5.92 Å². The monoisotopic (exact) mass is 676 g/mol. The van der Waals surface area contributed by atoms with E-state index in [0.29, 0.717) is 24.6 Å². The number of nitrogens with zero attached hydrogens (tertiary/aromatic N) is 6. The van der Waals surface area contributed by atoms with E-state index in [-0.39, 0.29) is 29.8 Å². The summed E-state index contributed by atoms with van der Waals surface area (Å²) in [4.78, 5) is 35.9. The fourth-order valence-corrected chi connectivity index (χ4v) is 10.5. The van der Waals surface area contributed by atoms with Gasteiger partial charge < -0.3 is 24.0 Å². The van der Waals surface area contributed by atoms with Gasteiger partial charge in [-0.1, -0.05) is 31.4 Å². The second-order valence-electron chi connectivity index (χ2n) is 14.9. The predicted molar refractivity (Wildman–Crippen MR) is 184 cm³/mol. The number of hydrogen-bond donors (Lipinski definition) is 0. The third-order valence-corrected chi connectivity index (χ3v) is 13.8. The fourth-order valence-electron chi connectivity index (χ4n) is 9.67. The molecule has 1 saturated carbocycles. The van der Waals surface area contributed by atoms with E-state index in [0.717, 1.165) is 93.5 Å². The third-order valence-electron chi connectivity index (χ3n) is 12.0. The molecule has 8 rings (SSSR count). The van der Waals surface area contributed by atoms with Crippen molar-refractivity contribution < 1.29 is 22.7 Å². The minimum Gasteiger partial charge on any atom is -0.496 e. The molecule has 0 N–H and O–H groups in total. The molecule has 1 aromatic rings. The predicted octanol–water partition coefficient (Wildman–Crippen LogP) is 3.48. The van der Waals surface area contributed by atoms with Crippen molar-refractivity contribution in [1.29, 1.82) is 0 Å². The second kappa shape index (κ2) is 11.6. The molecular weight excluding hydrogens is 628 g/mol. The molecule has 2 amide bonds. The van der Waals surface area contributed by atoms with E-state index in [2.05, 4.69) is 50.6 Å². The molecule has 5 heterocycles. The Morgan fingerprint density at radius 3 is 2.35 bits per heavy atom. The Bertz CT molecular complexity index is 1780. The average molecular weight is 677 g/mol.